The number of nitrogens with one attached hydrogen (secondary N) is 2. The zero-order chi connectivity index (χ0) is 15.7. The van der Waals surface area contributed by atoms with Gasteiger partial charge in [0, 0.05) is 11.3 Å². The largest absolute Gasteiger partial charge is 0.462 e. The number of hydrogen-bond acceptors (Lipinski definition) is 5. The molecule has 0 aliphatic heterocycles. The van der Waals surface area contributed by atoms with E-state index in [-0.39, 0.29) is 23.7 Å². The van der Waals surface area contributed by atoms with Crippen LogP contribution in [0, 0.1) is 0 Å². The summed E-state index contributed by atoms with van der Waals surface area (Å²) in [6, 6.07) is 0. The zero-order valence-electron chi connectivity index (χ0n) is 12.1. The number of aromatic nitrogens is 4. The highest BCUT2D eigenvalue weighted by atomic mass is 16.5. The Labute approximate surface area is 125 Å². The van der Waals surface area contributed by atoms with Crippen LogP contribution in [-0.4, -0.2) is 32.3 Å². The first-order valence-electron chi connectivity index (χ1n) is 7.21. The molecule has 0 bridgehead atoms. The van der Waals surface area contributed by atoms with E-state index in [2.05, 4.69) is 15.1 Å². The van der Waals surface area contributed by atoms with Crippen molar-refractivity contribution in [3.05, 3.63) is 43.7 Å². The molecule has 0 spiro atoms. The van der Waals surface area contributed by atoms with Gasteiger partial charge in [0.15, 0.2) is 0 Å². The van der Waals surface area contributed by atoms with Crippen LogP contribution in [0.4, 0.5) is 0 Å². The molecule has 1 aliphatic carbocycles. The van der Waals surface area contributed by atoms with Crippen molar-refractivity contribution in [2.45, 2.75) is 32.6 Å². The van der Waals surface area contributed by atoms with Crippen molar-refractivity contribution in [2.24, 2.45) is 0 Å². The molecule has 0 atom stereocenters. The SMILES string of the molecule is CCOC(=O)c1cnc(-n2[nH]c3c(c2=O)CCCC3)[nH]c1=O. The molecule has 0 fully saturated rings. The van der Waals surface area contributed by atoms with Gasteiger partial charge in [-0.15, -0.1) is 0 Å². The maximum Gasteiger partial charge on any atom is 0.345 e. The summed E-state index contributed by atoms with van der Waals surface area (Å²) in [4.78, 5) is 42.3. The predicted molar refractivity (Wildman–Crippen MR) is 77.4 cm³/mol. The number of H-pyrrole nitrogens is 2. The minimum Gasteiger partial charge on any atom is -0.462 e. The Balaban J connectivity index is 2.02. The van der Waals surface area contributed by atoms with E-state index in [1.165, 1.54) is 4.68 Å². The number of aryl methyl sites for hydroxylation is 1. The summed E-state index contributed by atoms with van der Waals surface area (Å²) in [6.07, 6.45) is 4.66. The molecule has 2 aromatic heterocycles. The second-order valence-corrected chi connectivity index (χ2v) is 5.09. The molecule has 0 unspecified atom stereocenters. The van der Waals surface area contributed by atoms with Crippen LogP contribution in [0.1, 0.15) is 41.4 Å². The standard InChI is InChI=1S/C14H16N4O4/c1-2-22-13(21)9-7-15-14(16-11(9)19)18-12(20)8-5-3-4-6-10(8)17-18/h7,17H,2-6H2,1H3,(H,15,16,19). The monoisotopic (exact) mass is 304 g/mol. The van der Waals surface area contributed by atoms with E-state index in [0.29, 0.717) is 0 Å². The maximum absolute atomic E-state index is 12.3. The van der Waals surface area contributed by atoms with E-state index in [9.17, 15) is 14.4 Å². The van der Waals surface area contributed by atoms with Gasteiger partial charge < -0.3 is 4.74 Å². The molecule has 1 aliphatic rings. The third kappa shape index (κ3) is 2.36. The summed E-state index contributed by atoms with van der Waals surface area (Å²) in [5, 5.41) is 2.97. The first-order chi connectivity index (χ1) is 10.6. The molecule has 2 N–H and O–H groups in total. The Morgan fingerprint density at radius 1 is 1.36 bits per heavy atom. The molecular formula is C14H16N4O4. The number of carbonyl (C=O) groups excluding carboxylic acids is 1. The van der Waals surface area contributed by atoms with Crippen LogP contribution < -0.4 is 11.1 Å². The summed E-state index contributed by atoms with van der Waals surface area (Å²) in [5.74, 6) is -0.668. The average Bonchev–Trinajstić information content (AvgIpc) is 2.85. The van der Waals surface area contributed by atoms with Crippen LogP contribution in [0.3, 0.4) is 0 Å². The van der Waals surface area contributed by atoms with Gasteiger partial charge in [-0.25, -0.2) is 9.78 Å². The second-order valence-electron chi connectivity index (χ2n) is 5.09. The minimum atomic E-state index is -0.735. The van der Waals surface area contributed by atoms with Gasteiger partial charge in [-0.2, -0.15) is 4.68 Å². The van der Waals surface area contributed by atoms with Gasteiger partial charge in [-0.1, -0.05) is 0 Å². The van der Waals surface area contributed by atoms with Gasteiger partial charge in [0.2, 0.25) is 5.95 Å². The van der Waals surface area contributed by atoms with Gasteiger partial charge in [0.05, 0.1) is 12.8 Å². The van der Waals surface area contributed by atoms with E-state index >= 15 is 0 Å². The number of nitrogens with zero attached hydrogens (tertiary/aromatic N) is 2. The molecule has 22 heavy (non-hydrogen) atoms. The third-order valence-corrected chi connectivity index (χ3v) is 3.67. The van der Waals surface area contributed by atoms with Crippen LogP contribution in [0.5, 0.6) is 0 Å². The number of ether oxygens (including phenoxy) is 1. The lowest BCUT2D eigenvalue weighted by Gasteiger charge is -2.07. The molecule has 0 amide bonds. The molecule has 0 aromatic carbocycles. The molecule has 2 heterocycles. The van der Waals surface area contributed by atoms with Crippen molar-refractivity contribution >= 4 is 5.97 Å². The summed E-state index contributed by atoms with van der Waals surface area (Å²) in [7, 11) is 0. The number of fused-ring (bicyclic) bond motifs is 1. The fourth-order valence-electron chi connectivity index (χ4n) is 2.59. The molecular weight excluding hydrogens is 288 g/mol. The van der Waals surface area contributed by atoms with Crippen molar-refractivity contribution in [3.8, 4) is 5.95 Å². The number of esters is 1. The lowest BCUT2D eigenvalue weighted by Crippen LogP contribution is -2.26. The number of aromatic amines is 2. The quantitative estimate of drug-likeness (QED) is 0.793. The number of carbonyl (C=O) groups is 1. The minimum absolute atomic E-state index is 0.0671. The van der Waals surface area contributed by atoms with Crippen molar-refractivity contribution in [1.29, 1.82) is 0 Å². The smallest absolute Gasteiger partial charge is 0.345 e. The Kier molecular flexibility index (Phi) is 3.66. The van der Waals surface area contributed by atoms with Crippen LogP contribution in [0.2, 0.25) is 0 Å². The third-order valence-electron chi connectivity index (χ3n) is 3.67. The highest BCUT2D eigenvalue weighted by Gasteiger charge is 2.20. The summed E-state index contributed by atoms with van der Waals surface area (Å²) in [6.45, 7) is 1.82. The van der Waals surface area contributed by atoms with Gasteiger partial charge >= 0.3 is 5.97 Å². The van der Waals surface area contributed by atoms with Crippen molar-refractivity contribution in [1.82, 2.24) is 19.7 Å². The van der Waals surface area contributed by atoms with Gasteiger partial charge in [-0.3, -0.25) is 19.7 Å². The molecule has 0 saturated carbocycles. The van der Waals surface area contributed by atoms with E-state index in [1.807, 2.05) is 0 Å². The topological polar surface area (TPSA) is 110 Å². The fourth-order valence-corrected chi connectivity index (χ4v) is 2.59. The lowest BCUT2D eigenvalue weighted by molar-refractivity contribution is 0.0523. The van der Waals surface area contributed by atoms with E-state index in [4.69, 9.17) is 4.74 Å². The predicted octanol–water partition coefficient (Wildman–Crippen LogP) is 0.304. The number of rotatable bonds is 3. The highest BCUT2D eigenvalue weighted by Crippen LogP contribution is 2.16. The van der Waals surface area contributed by atoms with Crippen LogP contribution in [0.15, 0.2) is 15.8 Å². The summed E-state index contributed by atoms with van der Waals surface area (Å²) in [5.41, 5.74) is 0.594. The molecule has 2 aromatic rings. The van der Waals surface area contributed by atoms with E-state index in [0.717, 1.165) is 43.1 Å². The molecule has 8 nitrogen and oxygen atoms in total. The second kappa shape index (κ2) is 5.63. The fraction of sp³-hybridized carbons (Fsp3) is 0.429. The Morgan fingerprint density at radius 2 is 2.14 bits per heavy atom. The van der Waals surface area contributed by atoms with Gasteiger partial charge in [0.1, 0.15) is 5.56 Å². The maximum atomic E-state index is 12.3. The molecule has 0 saturated heterocycles. The normalized spacial score (nSPS) is 13.7. The van der Waals surface area contributed by atoms with Crippen LogP contribution in [-0.2, 0) is 17.6 Å². The van der Waals surface area contributed by atoms with Crippen LogP contribution >= 0.6 is 0 Å². The van der Waals surface area contributed by atoms with Crippen molar-refractivity contribution < 1.29 is 9.53 Å². The Bertz CT molecular complexity index is 830. The van der Waals surface area contributed by atoms with E-state index in [1.54, 1.807) is 6.92 Å². The van der Waals surface area contributed by atoms with E-state index < -0.39 is 11.5 Å². The Hall–Kier alpha value is -2.64. The molecule has 8 heteroatoms. The number of hydrogen-bond donors (Lipinski definition) is 2. The highest BCUT2D eigenvalue weighted by molar-refractivity contribution is 5.88. The van der Waals surface area contributed by atoms with Gasteiger partial charge in [-0.05, 0) is 32.6 Å². The van der Waals surface area contributed by atoms with Gasteiger partial charge in [0.25, 0.3) is 11.1 Å². The first-order valence-corrected chi connectivity index (χ1v) is 7.21. The van der Waals surface area contributed by atoms with Crippen molar-refractivity contribution in [2.75, 3.05) is 6.61 Å². The molecule has 116 valence electrons. The zero-order valence-corrected chi connectivity index (χ0v) is 12.1. The average molecular weight is 304 g/mol. The molecule has 0 radical (unpaired) electrons. The summed E-state index contributed by atoms with van der Waals surface area (Å²) < 4.78 is 5.98. The Morgan fingerprint density at radius 3 is 2.82 bits per heavy atom. The van der Waals surface area contributed by atoms with Crippen LogP contribution in [0.25, 0.3) is 5.95 Å². The summed E-state index contributed by atoms with van der Waals surface area (Å²) >= 11 is 0. The molecule has 3 rings (SSSR count). The van der Waals surface area contributed by atoms with Crippen molar-refractivity contribution in [3.63, 3.8) is 0 Å². The lowest BCUT2D eigenvalue weighted by atomic mass is 9.98. The first kappa shape index (κ1) is 14.3.